The SMILES string of the molecule is COC(=O)c1cnc(-c2nccnc2[C@@H](C)N)s1.COC(=O)c1cnc(-c2nccnc2[C@@H](C)NC(=O)OC(C)(C)C)s1. The molecule has 0 aliphatic rings. The van der Waals surface area contributed by atoms with Crippen LogP contribution in [0.2, 0.25) is 0 Å². The van der Waals surface area contributed by atoms with Gasteiger partial charge in [-0.1, -0.05) is 0 Å². The summed E-state index contributed by atoms with van der Waals surface area (Å²) in [6.45, 7) is 8.95. The van der Waals surface area contributed by atoms with E-state index in [2.05, 4.69) is 44.7 Å². The van der Waals surface area contributed by atoms with E-state index >= 15 is 0 Å². The monoisotopic (exact) mass is 628 g/mol. The summed E-state index contributed by atoms with van der Waals surface area (Å²) in [5, 5.41) is 3.85. The second-order valence-corrected chi connectivity index (χ2v) is 11.8. The van der Waals surface area contributed by atoms with E-state index < -0.39 is 29.7 Å². The van der Waals surface area contributed by atoms with Gasteiger partial charge in [0, 0.05) is 30.8 Å². The number of aromatic nitrogens is 6. The maximum atomic E-state index is 12.0. The van der Waals surface area contributed by atoms with Gasteiger partial charge in [-0.05, 0) is 34.6 Å². The Hall–Kier alpha value is -4.41. The van der Waals surface area contributed by atoms with E-state index in [4.69, 9.17) is 10.5 Å². The van der Waals surface area contributed by atoms with E-state index in [-0.39, 0.29) is 6.04 Å². The van der Waals surface area contributed by atoms with Gasteiger partial charge in [-0.25, -0.2) is 24.4 Å². The predicted molar refractivity (Wildman–Crippen MR) is 159 cm³/mol. The van der Waals surface area contributed by atoms with Crippen molar-refractivity contribution in [3.8, 4) is 21.4 Å². The lowest BCUT2D eigenvalue weighted by molar-refractivity contribution is 0.0505. The summed E-state index contributed by atoms with van der Waals surface area (Å²) in [7, 11) is 2.64. The van der Waals surface area contributed by atoms with Gasteiger partial charge in [-0.15, -0.1) is 22.7 Å². The highest BCUT2D eigenvalue weighted by atomic mass is 32.1. The summed E-state index contributed by atoms with van der Waals surface area (Å²) < 4.78 is 14.6. The van der Waals surface area contributed by atoms with Crippen LogP contribution in [-0.2, 0) is 14.2 Å². The number of nitrogens with two attached hydrogens (primary N) is 1. The minimum atomic E-state index is -0.597. The predicted octanol–water partition coefficient (Wildman–Crippen LogP) is 4.38. The summed E-state index contributed by atoms with van der Waals surface area (Å²) in [5.74, 6) is -0.876. The molecule has 4 aromatic rings. The van der Waals surface area contributed by atoms with Crippen LogP contribution in [0.15, 0.2) is 37.2 Å². The number of nitrogens with zero attached hydrogens (tertiary/aromatic N) is 6. The molecule has 228 valence electrons. The van der Waals surface area contributed by atoms with Gasteiger partial charge in [0.2, 0.25) is 0 Å². The number of esters is 2. The number of carbonyl (C=O) groups excluding carboxylic acids is 3. The van der Waals surface area contributed by atoms with Crippen LogP contribution in [-0.4, -0.2) is 67.8 Å². The summed E-state index contributed by atoms with van der Waals surface area (Å²) in [6, 6.07) is -0.705. The molecule has 43 heavy (non-hydrogen) atoms. The molecule has 2 atom stereocenters. The third-order valence-corrected chi connectivity index (χ3v) is 7.19. The van der Waals surface area contributed by atoms with Crippen molar-refractivity contribution >= 4 is 40.7 Å². The molecule has 0 aliphatic carbocycles. The molecule has 0 radical (unpaired) electrons. The van der Waals surface area contributed by atoms with Crippen LogP contribution in [0.4, 0.5) is 4.79 Å². The van der Waals surface area contributed by atoms with Crippen LogP contribution in [0.5, 0.6) is 0 Å². The largest absolute Gasteiger partial charge is 0.465 e. The van der Waals surface area contributed by atoms with Gasteiger partial charge in [0.05, 0.1) is 44.0 Å². The summed E-state index contributed by atoms with van der Waals surface area (Å²) in [6.07, 6.45) is 8.55. The van der Waals surface area contributed by atoms with E-state index in [1.54, 1.807) is 40.1 Å². The van der Waals surface area contributed by atoms with E-state index in [0.717, 1.165) is 11.3 Å². The fourth-order valence-corrected chi connectivity index (χ4v) is 5.07. The maximum Gasteiger partial charge on any atom is 0.408 e. The van der Waals surface area contributed by atoms with Gasteiger partial charge in [-0.2, -0.15) is 0 Å². The molecule has 14 nitrogen and oxygen atoms in total. The molecule has 3 N–H and O–H groups in total. The van der Waals surface area contributed by atoms with Crippen LogP contribution < -0.4 is 11.1 Å². The normalized spacial score (nSPS) is 12.3. The van der Waals surface area contributed by atoms with E-state index in [1.807, 2.05) is 6.92 Å². The number of thiazole rings is 2. The highest BCUT2D eigenvalue weighted by molar-refractivity contribution is 7.17. The molecule has 0 bridgehead atoms. The number of carbonyl (C=O) groups is 3. The zero-order chi connectivity index (χ0) is 31.7. The number of nitrogens with one attached hydrogen (secondary N) is 1. The topological polar surface area (TPSA) is 194 Å². The van der Waals surface area contributed by atoms with Crippen LogP contribution in [0, 0.1) is 0 Å². The van der Waals surface area contributed by atoms with Gasteiger partial charge in [0.25, 0.3) is 0 Å². The average molecular weight is 629 g/mol. The van der Waals surface area contributed by atoms with E-state index in [1.165, 1.54) is 50.3 Å². The molecule has 0 spiro atoms. The lowest BCUT2D eigenvalue weighted by atomic mass is 10.2. The fraction of sp³-hybridized carbons (Fsp3) is 0.370. The molecule has 0 unspecified atom stereocenters. The Morgan fingerprint density at radius 2 is 1.21 bits per heavy atom. The third-order valence-electron chi connectivity index (χ3n) is 5.22. The first kappa shape index (κ1) is 33.1. The number of amides is 1. The first-order valence-electron chi connectivity index (χ1n) is 12.8. The minimum absolute atomic E-state index is 0.251. The summed E-state index contributed by atoms with van der Waals surface area (Å²) in [4.78, 5) is 61.1. The molecular formula is C27H32N8O6S2. The molecule has 0 aliphatic heterocycles. The molecule has 0 aromatic carbocycles. The molecule has 0 saturated carbocycles. The van der Waals surface area contributed by atoms with Crippen molar-refractivity contribution in [3.63, 3.8) is 0 Å². The first-order valence-corrected chi connectivity index (χ1v) is 14.4. The van der Waals surface area contributed by atoms with Crippen molar-refractivity contribution in [3.05, 3.63) is 58.3 Å². The molecule has 0 saturated heterocycles. The van der Waals surface area contributed by atoms with Crippen molar-refractivity contribution in [2.45, 2.75) is 52.3 Å². The third kappa shape index (κ3) is 9.04. The number of alkyl carbamates (subject to hydrolysis) is 1. The molecule has 4 heterocycles. The molecular weight excluding hydrogens is 596 g/mol. The Balaban J connectivity index is 0.000000248. The Morgan fingerprint density at radius 1 is 0.767 bits per heavy atom. The zero-order valence-corrected chi connectivity index (χ0v) is 26.3. The second-order valence-electron chi connectivity index (χ2n) is 9.78. The molecule has 16 heteroatoms. The number of ether oxygens (including phenoxy) is 3. The van der Waals surface area contributed by atoms with Crippen LogP contribution >= 0.6 is 22.7 Å². The van der Waals surface area contributed by atoms with Crippen molar-refractivity contribution < 1.29 is 28.6 Å². The van der Waals surface area contributed by atoms with Crippen LogP contribution in [0.1, 0.15) is 77.4 Å². The Kier molecular flexibility index (Phi) is 11.3. The average Bonchev–Trinajstić information content (AvgIpc) is 3.66. The molecule has 0 fully saturated rings. The lowest BCUT2D eigenvalue weighted by Crippen LogP contribution is -2.34. The molecule has 4 aromatic heterocycles. The number of methoxy groups -OCH3 is 2. The van der Waals surface area contributed by atoms with Crippen LogP contribution in [0.25, 0.3) is 21.4 Å². The minimum Gasteiger partial charge on any atom is -0.465 e. The first-order chi connectivity index (χ1) is 20.3. The number of hydrogen-bond acceptors (Lipinski definition) is 15. The lowest BCUT2D eigenvalue weighted by Gasteiger charge is -2.22. The van der Waals surface area contributed by atoms with E-state index in [0.29, 0.717) is 42.5 Å². The highest BCUT2D eigenvalue weighted by Gasteiger charge is 2.23. The highest BCUT2D eigenvalue weighted by Crippen LogP contribution is 2.29. The van der Waals surface area contributed by atoms with Gasteiger partial charge in [0.15, 0.2) is 0 Å². The second kappa shape index (κ2) is 14.7. The summed E-state index contributed by atoms with van der Waals surface area (Å²) in [5.41, 5.74) is 7.51. The Bertz CT molecular complexity index is 1570. The van der Waals surface area contributed by atoms with Gasteiger partial charge >= 0.3 is 18.0 Å². The van der Waals surface area contributed by atoms with Gasteiger partial charge in [-0.3, -0.25) is 19.9 Å². The van der Waals surface area contributed by atoms with Crippen molar-refractivity contribution in [1.82, 2.24) is 35.2 Å². The quantitative estimate of drug-likeness (QED) is 0.216. The van der Waals surface area contributed by atoms with Gasteiger partial charge in [0.1, 0.15) is 36.8 Å². The van der Waals surface area contributed by atoms with Crippen molar-refractivity contribution in [2.75, 3.05) is 14.2 Å². The molecule has 1 amide bonds. The van der Waals surface area contributed by atoms with E-state index in [9.17, 15) is 14.4 Å². The fourth-order valence-electron chi connectivity index (χ4n) is 3.39. The Morgan fingerprint density at radius 3 is 1.65 bits per heavy atom. The summed E-state index contributed by atoms with van der Waals surface area (Å²) >= 11 is 2.35. The maximum absolute atomic E-state index is 12.0. The van der Waals surface area contributed by atoms with Crippen molar-refractivity contribution in [1.29, 1.82) is 0 Å². The van der Waals surface area contributed by atoms with Crippen LogP contribution in [0.3, 0.4) is 0 Å². The smallest absolute Gasteiger partial charge is 0.408 e. The zero-order valence-electron chi connectivity index (χ0n) is 24.6. The standard InChI is InChI=1S/C16H20N4O4S.C11H12N4O2S/c1-9(20-15(22)24-16(2,3)4)11-12(18-7-6-17-11)13-19-8-10(25-13)14(21)23-5;1-6(12)8-9(14-4-3-13-8)10-15-5-7(18-10)11(16)17-2/h6-9H,1-5H3,(H,20,22);3-6H,12H2,1-2H3/t9-;6-/m11/s1. The van der Waals surface area contributed by atoms with Crippen molar-refractivity contribution in [2.24, 2.45) is 5.73 Å². The van der Waals surface area contributed by atoms with Gasteiger partial charge < -0.3 is 25.3 Å². The number of hydrogen-bond donors (Lipinski definition) is 2. The Labute approximate surface area is 256 Å². The number of rotatable bonds is 7. The molecule has 4 rings (SSSR count).